The van der Waals surface area contributed by atoms with Crippen LogP contribution < -0.4 is 0 Å². The molecule has 1 unspecified atom stereocenters. The predicted molar refractivity (Wildman–Crippen MR) is 66.9 cm³/mol. The fourth-order valence-corrected chi connectivity index (χ4v) is 3.18. The second-order valence-corrected chi connectivity index (χ2v) is 5.26. The van der Waals surface area contributed by atoms with Crippen LogP contribution in [0.4, 0.5) is 4.39 Å². The Hall–Kier alpha value is -0.930. The van der Waals surface area contributed by atoms with Crippen molar-refractivity contribution in [2.75, 3.05) is 13.2 Å². The van der Waals surface area contributed by atoms with Crippen LogP contribution in [-0.2, 0) is 9.47 Å². The summed E-state index contributed by atoms with van der Waals surface area (Å²) >= 11 is 0. The predicted octanol–water partition coefficient (Wildman–Crippen LogP) is 3.62. The summed E-state index contributed by atoms with van der Waals surface area (Å²) in [5, 5.41) is 0. The zero-order valence-electron chi connectivity index (χ0n) is 10.5. The molecule has 3 rings (SSSR count). The summed E-state index contributed by atoms with van der Waals surface area (Å²) in [4.78, 5) is 0. The van der Waals surface area contributed by atoms with E-state index in [1.807, 2.05) is 12.1 Å². The van der Waals surface area contributed by atoms with Crippen LogP contribution in [0.25, 0.3) is 0 Å². The van der Waals surface area contributed by atoms with Gasteiger partial charge in [-0.15, -0.1) is 0 Å². The van der Waals surface area contributed by atoms with E-state index in [-0.39, 0.29) is 11.6 Å². The highest BCUT2D eigenvalue weighted by Gasteiger charge is 2.38. The Labute approximate surface area is 107 Å². The van der Waals surface area contributed by atoms with Crippen molar-refractivity contribution in [1.29, 1.82) is 0 Å². The molecule has 0 N–H and O–H groups in total. The summed E-state index contributed by atoms with van der Waals surface area (Å²) in [7, 11) is 0. The quantitative estimate of drug-likeness (QED) is 0.758. The first-order valence-electron chi connectivity index (χ1n) is 6.81. The highest BCUT2D eigenvalue weighted by Crippen LogP contribution is 2.40. The van der Waals surface area contributed by atoms with Crippen molar-refractivity contribution in [2.24, 2.45) is 0 Å². The van der Waals surface area contributed by atoms with Crippen LogP contribution in [0.15, 0.2) is 24.3 Å². The van der Waals surface area contributed by atoms with Gasteiger partial charge in [-0.1, -0.05) is 18.2 Å². The van der Waals surface area contributed by atoms with E-state index in [0.717, 1.165) is 37.7 Å². The van der Waals surface area contributed by atoms with Gasteiger partial charge in [-0.05, 0) is 36.8 Å². The van der Waals surface area contributed by atoms with Gasteiger partial charge in [0.2, 0.25) is 0 Å². The molecule has 0 bridgehead atoms. The number of ether oxygens (including phenoxy) is 2. The van der Waals surface area contributed by atoms with Crippen molar-refractivity contribution >= 4 is 0 Å². The number of benzene rings is 1. The number of halogens is 1. The van der Waals surface area contributed by atoms with Crippen LogP contribution in [-0.4, -0.2) is 19.0 Å². The Morgan fingerprint density at radius 2 is 1.83 bits per heavy atom. The van der Waals surface area contributed by atoms with Crippen LogP contribution in [0, 0.1) is 5.82 Å². The number of hydrogen-bond donors (Lipinski definition) is 0. The summed E-state index contributed by atoms with van der Waals surface area (Å²) in [6.45, 7) is 1.40. The van der Waals surface area contributed by atoms with Crippen molar-refractivity contribution in [1.82, 2.24) is 0 Å². The molecule has 0 amide bonds. The zero-order valence-corrected chi connectivity index (χ0v) is 10.5. The van der Waals surface area contributed by atoms with Gasteiger partial charge in [-0.2, -0.15) is 0 Å². The van der Waals surface area contributed by atoms with Crippen molar-refractivity contribution in [2.45, 2.75) is 43.8 Å². The Morgan fingerprint density at radius 3 is 2.61 bits per heavy atom. The smallest absolute Gasteiger partial charge is 0.168 e. The molecule has 3 heteroatoms. The van der Waals surface area contributed by atoms with Crippen molar-refractivity contribution in [3.63, 3.8) is 0 Å². The molecule has 1 aromatic rings. The van der Waals surface area contributed by atoms with Crippen molar-refractivity contribution in [3.8, 4) is 0 Å². The summed E-state index contributed by atoms with van der Waals surface area (Å²) in [5.74, 6) is -0.134. The van der Waals surface area contributed by atoms with Crippen LogP contribution in [0.2, 0.25) is 0 Å². The van der Waals surface area contributed by atoms with E-state index < -0.39 is 0 Å². The van der Waals surface area contributed by atoms with Gasteiger partial charge in [0.15, 0.2) is 5.79 Å². The van der Waals surface area contributed by atoms with Crippen molar-refractivity contribution < 1.29 is 13.9 Å². The summed E-state index contributed by atoms with van der Waals surface area (Å²) in [5.41, 5.74) is 0.854. The molecule has 1 saturated heterocycles. The lowest BCUT2D eigenvalue weighted by atomic mass is 9.91. The molecule has 1 aliphatic heterocycles. The maximum absolute atomic E-state index is 13.8. The molecule has 2 aliphatic rings. The third-order valence-corrected chi connectivity index (χ3v) is 4.14. The van der Waals surface area contributed by atoms with Crippen LogP contribution in [0.5, 0.6) is 0 Å². The number of hydrogen-bond acceptors (Lipinski definition) is 2. The van der Waals surface area contributed by atoms with E-state index in [1.165, 1.54) is 0 Å². The van der Waals surface area contributed by atoms with Crippen LogP contribution in [0.3, 0.4) is 0 Å². The molecule has 0 aromatic heterocycles. The average molecular weight is 250 g/mol. The second kappa shape index (κ2) is 4.98. The number of rotatable bonds is 1. The zero-order chi connectivity index (χ0) is 12.4. The molecule has 98 valence electrons. The molecule has 1 aliphatic carbocycles. The third-order valence-electron chi connectivity index (χ3n) is 4.14. The molecule has 1 spiro atoms. The van der Waals surface area contributed by atoms with Gasteiger partial charge in [0.1, 0.15) is 5.82 Å². The lowest BCUT2D eigenvalue weighted by Crippen LogP contribution is -2.28. The molecule has 0 radical (unpaired) electrons. The Morgan fingerprint density at radius 1 is 1.06 bits per heavy atom. The largest absolute Gasteiger partial charge is 0.348 e. The van der Waals surface area contributed by atoms with Gasteiger partial charge in [-0.3, -0.25) is 0 Å². The average Bonchev–Trinajstić information content (AvgIpc) is 2.73. The molecular formula is C15H19FO2. The van der Waals surface area contributed by atoms with Gasteiger partial charge < -0.3 is 9.47 Å². The minimum atomic E-state index is -0.361. The van der Waals surface area contributed by atoms with E-state index in [2.05, 4.69) is 0 Å². The molecule has 2 nitrogen and oxygen atoms in total. The monoisotopic (exact) mass is 250 g/mol. The minimum absolute atomic E-state index is 0.0771. The summed E-state index contributed by atoms with van der Waals surface area (Å²) < 4.78 is 25.3. The standard InChI is InChI=1S/C15H19FO2/c16-14-6-2-1-5-13(14)12-4-3-8-15(9-7-12)17-10-11-18-15/h1-2,5-6,12H,3-4,7-11H2. The highest BCUT2D eigenvalue weighted by molar-refractivity contribution is 5.22. The molecule has 1 aromatic carbocycles. The fourth-order valence-electron chi connectivity index (χ4n) is 3.18. The molecule has 1 heterocycles. The Kier molecular flexibility index (Phi) is 3.35. The lowest BCUT2D eigenvalue weighted by Gasteiger charge is -2.25. The molecular weight excluding hydrogens is 231 g/mol. The maximum atomic E-state index is 13.8. The summed E-state index contributed by atoms with van der Waals surface area (Å²) in [6, 6.07) is 7.13. The fraction of sp³-hybridized carbons (Fsp3) is 0.600. The maximum Gasteiger partial charge on any atom is 0.168 e. The highest BCUT2D eigenvalue weighted by atomic mass is 19.1. The van der Waals surface area contributed by atoms with E-state index in [0.29, 0.717) is 19.1 Å². The van der Waals surface area contributed by atoms with Gasteiger partial charge in [-0.25, -0.2) is 4.39 Å². The van der Waals surface area contributed by atoms with Gasteiger partial charge in [0.05, 0.1) is 13.2 Å². The van der Waals surface area contributed by atoms with Crippen molar-refractivity contribution in [3.05, 3.63) is 35.6 Å². The van der Waals surface area contributed by atoms with Crippen LogP contribution in [0.1, 0.15) is 43.6 Å². The molecule has 1 atom stereocenters. The van der Waals surface area contributed by atoms with Gasteiger partial charge in [0.25, 0.3) is 0 Å². The SMILES string of the molecule is Fc1ccccc1C1CCCC2(CC1)OCCO2. The first kappa shape index (κ1) is 12.1. The van der Waals surface area contributed by atoms with E-state index in [4.69, 9.17) is 9.47 Å². The normalized spacial score (nSPS) is 27.3. The Balaban J connectivity index is 1.74. The first-order valence-corrected chi connectivity index (χ1v) is 6.81. The van der Waals surface area contributed by atoms with Crippen LogP contribution >= 0.6 is 0 Å². The van der Waals surface area contributed by atoms with E-state index in [9.17, 15) is 4.39 Å². The van der Waals surface area contributed by atoms with Gasteiger partial charge in [0, 0.05) is 12.8 Å². The summed E-state index contributed by atoms with van der Waals surface area (Å²) in [6.07, 6.45) is 4.83. The van der Waals surface area contributed by atoms with E-state index in [1.54, 1.807) is 12.1 Å². The molecule has 1 saturated carbocycles. The topological polar surface area (TPSA) is 18.5 Å². The first-order chi connectivity index (χ1) is 8.79. The van der Waals surface area contributed by atoms with Gasteiger partial charge >= 0.3 is 0 Å². The lowest BCUT2D eigenvalue weighted by molar-refractivity contribution is -0.165. The molecule has 18 heavy (non-hydrogen) atoms. The Bertz CT molecular complexity index is 413. The second-order valence-electron chi connectivity index (χ2n) is 5.26. The minimum Gasteiger partial charge on any atom is -0.348 e. The van der Waals surface area contributed by atoms with E-state index >= 15 is 0 Å². The molecule has 2 fully saturated rings. The third kappa shape index (κ3) is 2.29.